The van der Waals surface area contributed by atoms with Crippen LogP contribution in [0.5, 0.6) is 0 Å². The monoisotopic (exact) mass is 271 g/mol. The Morgan fingerprint density at radius 3 is 2.35 bits per heavy atom. The van der Waals surface area contributed by atoms with E-state index in [4.69, 9.17) is 0 Å². The summed E-state index contributed by atoms with van der Waals surface area (Å²) in [6.07, 6.45) is 9.33. The maximum absolute atomic E-state index is 3.78. The van der Waals surface area contributed by atoms with Crippen LogP contribution in [0.25, 0.3) is 0 Å². The lowest BCUT2D eigenvalue weighted by atomic mass is 9.71. The number of benzene rings is 1. The van der Waals surface area contributed by atoms with Crippen LogP contribution < -0.4 is 5.32 Å². The first-order valence-electron chi connectivity index (χ1n) is 8.41. The van der Waals surface area contributed by atoms with Crippen LogP contribution in [0, 0.1) is 11.3 Å². The van der Waals surface area contributed by atoms with Crippen molar-refractivity contribution in [3.8, 4) is 0 Å². The molecule has 0 amide bonds. The Kier molecular flexibility index (Phi) is 3.79. The molecule has 0 spiro atoms. The van der Waals surface area contributed by atoms with Gasteiger partial charge in [-0.25, -0.2) is 0 Å². The van der Waals surface area contributed by atoms with E-state index in [1.807, 2.05) is 0 Å². The summed E-state index contributed by atoms with van der Waals surface area (Å²) in [6, 6.07) is 7.72. The van der Waals surface area contributed by atoms with Crippen molar-refractivity contribution < 1.29 is 0 Å². The van der Waals surface area contributed by atoms with Gasteiger partial charge in [-0.05, 0) is 79.5 Å². The predicted octanol–water partition coefficient (Wildman–Crippen LogP) is 5.19. The Bertz CT molecular complexity index is 461. The second-order valence-corrected chi connectivity index (χ2v) is 7.90. The Labute approximate surface area is 124 Å². The van der Waals surface area contributed by atoms with Crippen molar-refractivity contribution in [3.05, 3.63) is 29.3 Å². The first-order chi connectivity index (χ1) is 9.52. The average molecular weight is 271 g/mol. The Morgan fingerprint density at radius 2 is 1.65 bits per heavy atom. The van der Waals surface area contributed by atoms with E-state index in [1.54, 1.807) is 11.1 Å². The molecule has 0 aromatic heterocycles. The van der Waals surface area contributed by atoms with Crippen LogP contribution in [-0.4, -0.2) is 6.04 Å². The van der Waals surface area contributed by atoms with Crippen LogP contribution >= 0.6 is 0 Å². The van der Waals surface area contributed by atoms with Gasteiger partial charge in [0, 0.05) is 11.7 Å². The third kappa shape index (κ3) is 3.02. The highest BCUT2D eigenvalue weighted by Crippen LogP contribution is 2.38. The molecule has 0 bridgehead atoms. The Balaban J connectivity index is 1.57. The van der Waals surface area contributed by atoms with Crippen LogP contribution in [0.1, 0.15) is 64.0 Å². The number of nitrogens with one attached hydrogen (secondary N) is 1. The molecule has 0 radical (unpaired) electrons. The third-order valence-corrected chi connectivity index (χ3v) is 5.42. The Hall–Kier alpha value is -0.980. The zero-order chi connectivity index (χ0) is 14.2. The van der Waals surface area contributed by atoms with Gasteiger partial charge < -0.3 is 5.32 Å². The average Bonchev–Trinajstić information content (AvgIpc) is 2.86. The molecule has 1 nitrogen and oxygen atoms in total. The van der Waals surface area contributed by atoms with E-state index >= 15 is 0 Å². The molecule has 110 valence electrons. The highest BCUT2D eigenvalue weighted by Gasteiger charge is 2.29. The molecule has 0 heterocycles. The van der Waals surface area contributed by atoms with Gasteiger partial charge in [-0.1, -0.05) is 26.8 Å². The van der Waals surface area contributed by atoms with E-state index in [9.17, 15) is 0 Å². The molecule has 1 heteroatoms. The van der Waals surface area contributed by atoms with Crippen molar-refractivity contribution in [1.29, 1.82) is 0 Å². The maximum Gasteiger partial charge on any atom is 0.0345 e. The van der Waals surface area contributed by atoms with Crippen molar-refractivity contribution in [2.75, 3.05) is 5.32 Å². The smallest absolute Gasteiger partial charge is 0.0345 e. The lowest BCUT2D eigenvalue weighted by molar-refractivity contribution is 0.173. The minimum absolute atomic E-state index is 0.485. The molecule has 1 fully saturated rings. The largest absolute Gasteiger partial charge is 0.382 e. The zero-order valence-corrected chi connectivity index (χ0v) is 13.3. The van der Waals surface area contributed by atoms with Crippen molar-refractivity contribution in [2.24, 2.45) is 11.3 Å². The number of hydrogen-bond donors (Lipinski definition) is 1. The summed E-state index contributed by atoms with van der Waals surface area (Å²) in [5.41, 5.74) is 4.99. The SMILES string of the molecule is CC(C)(C)C1CCC(Nc2ccc3c(c2)CCC3)CC1. The van der Waals surface area contributed by atoms with Gasteiger partial charge in [0.05, 0.1) is 0 Å². The highest BCUT2D eigenvalue weighted by atomic mass is 14.9. The molecule has 0 unspecified atom stereocenters. The van der Waals surface area contributed by atoms with Crippen LogP contribution in [-0.2, 0) is 12.8 Å². The fourth-order valence-electron chi connectivity index (χ4n) is 4.00. The summed E-state index contributed by atoms with van der Waals surface area (Å²) in [5, 5.41) is 3.78. The molecule has 1 saturated carbocycles. The van der Waals surface area contributed by atoms with E-state index in [0.717, 1.165) is 5.92 Å². The quantitative estimate of drug-likeness (QED) is 0.780. The van der Waals surface area contributed by atoms with Crippen molar-refractivity contribution in [1.82, 2.24) is 0 Å². The maximum atomic E-state index is 3.78. The first kappa shape index (κ1) is 14.0. The molecule has 20 heavy (non-hydrogen) atoms. The summed E-state index contributed by atoms with van der Waals surface area (Å²) in [7, 11) is 0. The molecule has 0 atom stereocenters. The molecular formula is C19H29N. The van der Waals surface area contributed by atoms with Gasteiger partial charge in [0.1, 0.15) is 0 Å². The fourth-order valence-corrected chi connectivity index (χ4v) is 4.00. The minimum Gasteiger partial charge on any atom is -0.382 e. The van der Waals surface area contributed by atoms with Gasteiger partial charge in [-0.15, -0.1) is 0 Å². The summed E-state index contributed by atoms with van der Waals surface area (Å²) >= 11 is 0. The molecule has 1 aromatic carbocycles. The van der Waals surface area contributed by atoms with Gasteiger partial charge >= 0.3 is 0 Å². The second kappa shape index (κ2) is 5.42. The van der Waals surface area contributed by atoms with Gasteiger partial charge in [0.25, 0.3) is 0 Å². The number of hydrogen-bond acceptors (Lipinski definition) is 1. The van der Waals surface area contributed by atoms with Gasteiger partial charge in [0.2, 0.25) is 0 Å². The Morgan fingerprint density at radius 1 is 0.950 bits per heavy atom. The molecule has 2 aliphatic carbocycles. The highest BCUT2D eigenvalue weighted by molar-refractivity contribution is 5.50. The first-order valence-corrected chi connectivity index (χ1v) is 8.41. The van der Waals surface area contributed by atoms with Gasteiger partial charge in [-0.3, -0.25) is 0 Å². The van der Waals surface area contributed by atoms with Crippen LogP contribution in [0.2, 0.25) is 0 Å². The topological polar surface area (TPSA) is 12.0 Å². The molecule has 1 N–H and O–H groups in total. The standard InChI is InChI=1S/C19H29N/c1-19(2,3)16-8-11-17(12-9-16)20-18-10-7-14-5-4-6-15(14)13-18/h7,10,13,16-17,20H,4-6,8-9,11-12H2,1-3H3. The summed E-state index contributed by atoms with van der Waals surface area (Å²) in [6.45, 7) is 7.18. The minimum atomic E-state index is 0.485. The molecule has 2 aliphatic rings. The van der Waals surface area contributed by atoms with Crippen LogP contribution in [0.4, 0.5) is 5.69 Å². The number of aryl methyl sites for hydroxylation is 2. The normalized spacial score (nSPS) is 26.4. The van der Waals surface area contributed by atoms with E-state index in [1.165, 1.54) is 50.6 Å². The lowest BCUT2D eigenvalue weighted by Crippen LogP contribution is -2.31. The fraction of sp³-hybridized carbons (Fsp3) is 0.684. The molecular weight excluding hydrogens is 242 g/mol. The summed E-state index contributed by atoms with van der Waals surface area (Å²) < 4.78 is 0. The molecule has 0 saturated heterocycles. The van der Waals surface area contributed by atoms with Gasteiger partial charge in [0.15, 0.2) is 0 Å². The number of fused-ring (bicyclic) bond motifs is 1. The molecule has 3 rings (SSSR count). The van der Waals surface area contributed by atoms with E-state index in [2.05, 4.69) is 44.3 Å². The van der Waals surface area contributed by atoms with E-state index < -0.39 is 0 Å². The predicted molar refractivity (Wildman–Crippen MR) is 87.3 cm³/mol. The zero-order valence-electron chi connectivity index (χ0n) is 13.3. The lowest BCUT2D eigenvalue weighted by Gasteiger charge is -2.37. The van der Waals surface area contributed by atoms with Crippen molar-refractivity contribution >= 4 is 5.69 Å². The second-order valence-electron chi connectivity index (χ2n) is 7.90. The van der Waals surface area contributed by atoms with Crippen molar-refractivity contribution in [2.45, 2.75) is 71.8 Å². The molecule has 0 aliphatic heterocycles. The summed E-state index contributed by atoms with van der Waals surface area (Å²) in [4.78, 5) is 0. The number of rotatable bonds is 2. The van der Waals surface area contributed by atoms with E-state index in [-0.39, 0.29) is 0 Å². The summed E-state index contributed by atoms with van der Waals surface area (Å²) in [5.74, 6) is 0.903. The number of anilines is 1. The van der Waals surface area contributed by atoms with Crippen LogP contribution in [0.3, 0.4) is 0 Å². The molecule has 1 aromatic rings. The van der Waals surface area contributed by atoms with Crippen molar-refractivity contribution in [3.63, 3.8) is 0 Å². The van der Waals surface area contributed by atoms with Gasteiger partial charge in [-0.2, -0.15) is 0 Å². The third-order valence-electron chi connectivity index (χ3n) is 5.42. The van der Waals surface area contributed by atoms with E-state index in [0.29, 0.717) is 11.5 Å². The van der Waals surface area contributed by atoms with Crippen LogP contribution in [0.15, 0.2) is 18.2 Å².